The molecule has 0 saturated heterocycles. The van der Waals surface area contributed by atoms with Crippen LogP contribution in [0, 0.1) is 5.82 Å². The van der Waals surface area contributed by atoms with Gasteiger partial charge in [0.25, 0.3) is 0 Å². The van der Waals surface area contributed by atoms with E-state index in [1.165, 1.54) is 6.07 Å². The van der Waals surface area contributed by atoms with E-state index in [-0.39, 0.29) is 18.7 Å². The van der Waals surface area contributed by atoms with Crippen LogP contribution < -0.4 is 5.32 Å². The summed E-state index contributed by atoms with van der Waals surface area (Å²) in [6.07, 6.45) is 5.52. The Balaban J connectivity index is 1.62. The zero-order valence-corrected chi connectivity index (χ0v) is 14.7. The van der Waals surface area contributed by atoms with Crippen molar-refractivity contribution in [3.63, 3.8) is 0 Å². The highest BCUT2D eigenvalue weighted by atomic mass is 35.5. The van der Waals surface area contributed by atoms with E-state index in [2.05, 4.69) is 15.3 Å². The molecule has 0 atom stereocenters. The first-order valence-corrected chi connectivity index (χ1v) is 8.57. The number of nitrogens with one attached hydrogen (secondary N) is 1. The van der Waals surface area contributed by atoms with Crippen LogP contribution in [0.3, 0.4) is 0 Å². The molecule has 2 heterocycles. The Morgan fingerprint density at radius 3 is 2.65 bits per heavy atom. The van der Waals surface area contributed by atoms with Gasteiger partial charge in [0.15, 0.2) is 0 Å². The molecule has 0 saturated carbocycles. The SMILES string of the molecule is O=C(CCc1c(F)cccc1Cl)NCc1cccnc1-c1ccncc1. The van der Waals surface area contributed by atoms with Gasteiger partial charge in [0, 0.05) is 47.7 Å². The number of halogens is 2. The van der Waals surface area contributed by atoms with Gasteiger partial charge in [0.1, 0.15) is 5.82 Å². The second-order valence-electron chi connectivity index (χ2n) is 5.72. The van der Waals surface area contributed by atoms with Crippen LogP contribution in [-0.2, 0) is 17.8 Å². The largest absolute Gasteiger partial charge is 0.352 e. The van der Waals surface area contributed by atoms with Crippen molar-refractivity contribution in [1.82, 2.24) is 15.3 Å². The number of rotatable bonds is 6. The molecule has 2 aromatic heterocycles. The van der Waals surface area contributed by atoms with Crippen molar-refractivity contribution in [1.29, 1.82) is 0 Å². The lowest BCUT2D eigenvalue weighted by Crippen LogP contribution is -2.23. The molecule has 0 unspecified atom stereocenters. The Morgan fingerprint density at radius 2 is 1.88 bits per heavy atom. The summed E-state index contributed by atoms with van der Waals surface area (Å²) in [7, 11) is 0. The van der Waals surface area contributed by atoms with Gasteiger partial charge in [-0.05, 0) is 42.3 Å². The molecule has 0 bridgehead atoms. The van der Waals surface area contributed by atoms with Gasteiger partial charge in [-0.1, -0.05) is 23.7 Å². The number of carbonyl (C=O) groups excluding carboxylic acids is 1. The summed E-state index contributed by atoms with van der Waals surface area (Å²) in [6, 6.07) is 12.0. The van der Waals surface area contributed by atoms with Gasteiger partial charge in [-0.3, -0.25) is 14.8 Å². The van der Waals surface area contributed by atoms with Gasteiger partial charge in [-0.2, -0.15) is 0 Å². The van der Waals surface area contributed by atoms with Gasteiger partial charge < -0.3 is 5.32 Å². The molecule has 3 rings (SSSR count). The van der Waals surface area contributed by atoms with Crippen LogP contribution in [0.5, 0.6) is 0 Å². The minimum atomic E-state index is -0.391. The molecule has 0 radical (unpaired) electrons. The summed E-state index contributed by atoms with van der Waals surface area (Å²) < 4.78 is 13.8. The van der Waals surface area contributed by atoms with Crippen LogP contribution in [0.15, 0.2) is 61.1 Å². The van der Waals surface area contributed by atoms with Crippen molar-refractivity contribution in [2.75, 3.05) is 0 Å². The molecule has 0 aliphatic rings. The molecule has 6 heteroatoms. The monoisotopic (exact) mass is 369 g/mol. The summed E-state index contributed by atoms with van der Waals surface area (Å²) in [5.41, 5.74) is 2.99. The minimum absolute atomic E-state index is 0.158. The van der Waals surface area contributed by atoms with E-state index < -0.39 is 5.82 Å². The molecule has 0 aliphatic carbocycles. The zero-order valence-electron chi connectivity index (χ0n) is 14.0. The van der Waals surface area contributed by atoms with Crippen molar-refractivity contribution in [2.24, 2.45) is 0 Å². The Morgan fingerprint density at radius 1 is 1.08 bits per heavy atom. The molecule has 132 valence electrons. The fourth-order valence-electron chi connectivity index (χ4n) is 2.64. The highest BCUT2D eigenvalue weighted by Gasteiger charge is 2.11. The predicted octanol–water partition coefficient (Wildman–Crippen LogP) is 4.19. The lowest BCUT2D eigenvalue weighted by atomic mass is 10.1. The average Bonchev–Trinajstić information content (AvgIpc) is 2.67. The van der Waals surface area contributed by atoms with Gasteiger partial charge in [-0.25, -0.2) is 4.39 Å². The average molecular weight is 370 g/mol. The van der Waals surface area contributed by atoms with Crippen LogP contribution in [-0.4, -0.2) is 15.9 Å². The molecular formula is C20H17ClFN3O. The molecule has 4 nitrogen and oxygen atoms in total. The second-order valence-corrected chi connectivity index (χ2v) is 6.13. The predicted molar refractivity (Wildman–Crippen MR) is 99.0 cm³/mol. The van der Waals surface area contributed by atoms with E-state index in [4.69, 9.17) is 11.6 Å². The number of hydrogen-bond acceptors (Lipinski definition) is 3. The van der Waals surface area contributed by atoms with E-state index in [1.807, 2.05) is 24.3 Å². The lowest BCUT2D eigenvalue weighted by Gasteiger charge is -2.10. The lowest BCUT2D eigenvalue weighted by molar-refractivity contribution is -0.121. The number of nitrogens with zero attached hydrogens (tertiary/aromatic N) is 2. The summed E-state index contributed by atoms with van der Waals surface area (Å²) in [5.74, 6) is -0.564. The maximum Gasteiger partial charge on any atom is 0.220 e. The zero-order chi connectivity index (χ0) is 18.4. The second kappa shape index (κ2) is 8.54. The number of benzene rings is 1. The maximum atomic E-state index is 13.8. The number of pyridine rings is 2. The first kappa shape index (κ1) is 18.0. The molecule has 1 aromatic carbocycles. The summed E-state index contributed by atoms with van der Waals surface area (Å²) >= 11 is 5.99. The van der Waals surface area contributed by atoms with Crippen molar-refractivity contribution in [3.8, 4) is 11.3 Å². The Bertz CT molecular complexity index is 882. The van der Waals surface area contributed by atoms with E-state index in [0.29, 0.717) is 17.1 Å². The van der Waals surface area contributed by atoms with E-state index in [1.54, 1.807) is 30.7 Å². The van der Waals surface area contributed by atoms with Gasteiger partial charge in [0.2, 0.25) is 5.91 Å². The smallest absolute Gasteiger partial charge is 0.220 e. The van der Waals surface area contributed by atoms with Gasteiger partial charge in [0.05, 0.1) is 5.69 Å². The van der Waals surface area contributed by atoms with Crippen molar-refractivity contribution in [2.45, 2.75) is 19.4 Å². The molecule has 0 aliphatic heterocycles. The van der Waals surface area contributed by atoms with Crippen LogP contribution in [0.4, 0.5) is 4.39 Å². The molecule has 0 spiro atoms. The quantitative estimate of drug-likeness (QED) is 0.709. The molecule has 26 heavy (non-hydrogen) atoms. The number of aromatic nitrogens is 2. The van der Waals surface area contributed by atoms with Crippen molar-refractivity contribution >= 4 is 17.5 Å². The Hall–Kier alpha value is -2.79. The fraction of sp³-hybridized carbons (Fsp3) is 0.150. The molecular weight excluding hydrogens is 353 g/mol. The van der Waals surface area contributed by atoms with E-state index >= 15 is 0 Å². The number of hydrogen-bond donors (Lipinski definition) is 1. The van der Waals surface area contributed by atoms with Crippen molar-refractivity contribution in [3.05, 3.63) is 83.0 Å². The Kier molecular flexibility index (Phi) is 5.92. The first-order chi connectivity index (χ1) is 12.6. The molecule has 0 fully saturated rings. The van der Waals surface area contributed by atoms with Crippen LogP contribution in [0.1, 0.15) is 17.5 Å². The van der Waals surface area contributed by atoms with E-state index in [0.717, 1.165) is 16.8 Å². The van der Waals surface area contributed by atoms with Crippen LogP contribution >= 0.6 is 11.6 Å². The third-order valence-electron chi connectivity index (χ3n) is 3.98. The normalized spacial score (nSPS) is 10.5. The topological polar surface area (TPSA) is 54.9 Å². The van der Waals surface area contributed by atoms with Crippen molar-refractivity contribution < 1.29 is 9.18 Å². The highest BCUT2D eigenvalue weighted by Crippen LogP contribution is 2.21. The highest BCUT2D eigenvalue weighted by molar-refractivity contribution is 6.31. The Labute approximate surface area is 156 Å². The van der Waals surface area contributed by atoms with E-state index in [9.17, 15) is 9.18 Å². The molecule has 3 aromatic rings. The third-order valence-corrected chi connectivity index (χ3v) is 4.34. The van der Waals surface area contributed by atoms with Crippen LogP contribution in [0.2, 0.25) is 5.02 Å². The van der Waals surface area contributed by atoms with Gasteiger partial charge >= 0.3 is 0 Å². The van der Waals surface area contributed by atoms with Crippen LogP contribution in [0.25, 0.3) is 11.3 Å². The molecule has 1 amide bonds. The first-order valence-electron chi connectivity index (χ1n) is 8.19. The van der Waals surface area contributed by atoms with Gasteiger partial charge in [-0.15, -0.1) is 0 Å². The standard InChI is InChI=1S/C20H17ClFN3O/c21-17-4-1-5-18(22)16(17)6-7-19(26)25-13-15-3-2-10-24-20(15)14-8-11-23-12-9-14/h1-5,8-12H,6-7,13H2,(H,25,26). The summed E-state index contributed by atoms with van der Waals surface area (Å²) in [6.45, 7) is 0.343. The summed E-state index contributed by atoms with van der Waals surface area (Å²) in [4.78, 5) is 20.6. The molecule has 1 N–H and O–H groups in total. The number of carbonyl (C=O) groups is 1. The third kappa shape index (κ3) is 4.43. The number of amides is 1. The minimum Gasteiger partial charge on any atom is -0.352 e. The fourth-order valence-corrected chi connectivity index (χ4v) is 2.90. The maximum absolute atomic E-state index is 13.8. The summed E-state index contributed by atoms with van der Waals surface area (Å²) in [5, 5.41) is 3.20.